The summed E-state index contributed by atoms with van der Waals surface area (Å²) in [4.78, 5) is 10.4. The smallest absolute Gasteiger partial charge is 0.184 e. The summed E-state index contributed by atoms with van der Waals surface area (Å²) in [5, 5.41) is 37.7. The summed E-state index contributed by atoms with van der Waals surface area (Å²) in [6, 6.07) is 0. The fourth-order valence-corrected chi connectivity index (χ4v) is 1.28. The van der Waals surface area contributed by atoms with Crippen molar-refractivity contribution in [3.63, 3.8) is 0 Å². The highest BCUT2D eigenvalue weighted by Gasteiger charge is 2.41. The molecule has 1 rings (SSSR count). The van der Waals surface area contributed by atoms with Gasteiger partial charge in [0.2, 0.25) is 0 Å². The van der Waals surface area contributed by atoms with Crippen molar-refractivity contribution in [3.8, 4) is 0 Å². The Kier molecular flexibility index (Phi) is 2.87. The van der Waals surface area contributed by atoms with Crippen molar-refractivity contribution in [2.24, 2.45) is 5.92 Å². The van der Waals surface area contributed by atoms with E-state index in [-0.39, 0.29) is 0 Å². The molecule has 0 bridgehead atoms. The zero-order valence-corrected chi connectivity index (χ0v) is 6.95. The predicted octanol–water partition coefficient (Wildman–Crippen LogP) is -3.19. The Labute approximate surface area is 74.4 Å². The normalized spacial score (nSPS) is 46.0. The number of carbonyl (C=O) groups is 1. The van der Waals surface area contributed by atoms with E-state index in [9.17, 15) is 15.0 Å². The van der Waals surface area contributed by atoms with Crippen molar-refractivity contribution in [2.45, 2.75) is 31.5 Å². The van der Waals surface area contributed by atoms with Crippen molar-refractivity contribution in [1.29, 1.82) is 0 Å². The van der Waals surface area contributed by atoms with Gasteiger partial charge in [-0.1, -0.05) is 6.92 Å². The van der Waals surface area contributed by atoms with Crippen LogP contribution in [0.25, 0.3) is 0 Å². The largest absolute Gasteiger partial charge is 0.547 e. The molecule has 0 saturated carbocycles. The van der Waals surface area contributed by atoms with Gasteiger partial charge < -0.3 is 30.0 Å². The minimum atomic E-state index is -1.69. The second-order valence-electron chi connectivity index (χ2n) is 3.11. The maximum Gasteiger partial charge on any atom is 0.184 e. The molecule has 6 heteroatoms. The first-order valence-corrected chi connectivity index (χ1v) is 3.85. The third kappa shape index (κ3) is 1.80. The Balaban J connectivity index is 2.76. The summed E-state index contributed by atoms with van der Waals surface area (Å²) in [5.74, 6) is -2.33. The van der Waals surface area contributed by atoms with E-state index in [1.807, 2.05) is 0 Å². The summed E-state index contributed by atoms with van der Waals surface area (Å²) >= 11 is 0. The van der Waals surface area contributed by atoms with Crippen LogP contribution in [-0.4, -0.2) is 45.9 Å². The number of aliphatic hydroxyl groups excluding tert-OH is 3. The van der Waals surface area contributed by atoms with Crippen LogP contribution in [0.2, 0.25) is 0 Å². The number of carboxylic acid groups (broad SMARTS) is 1. The average molecular weight is 191 g/mol. The van der Waals surface area contributed by atoms with Crippen molar-refractivity contribution in [3.05, 3.63) is 0 Å². The van der Waals surface area contributed by atoms with Gasteiger partial charge in [-0.25, -0.2) is 0 Å². The molecule has 76 valence electrons. The molecule has 0 amide bonds. The molecule has 0 aromatic carbocycles. The van der Waals surface area contributed by atoms with Gasteiger partial charge in [0.15, 0.2) is 6.29 Å². The quantitative estimate of drug-likeness (QED) is 0.403. The number of aliphatic hydroxyl groups is 3. The lowest BCUT2D eigenvalue weighted by Crippen LogP contribution is -2.58. The van der Waals surface area contributed by atoms with E-state index < -0.39 is 36.5 Å². The molecule has 1 aliphatic heterocycles. The van der Waals surface area contributed by atoms with Crippen LogP contribution < -0.4 is 5.11 Å². The molecule has 5 unspecified atom stereocenters. The monoisotopic (exact) mass is 191 g/mol. The van der Waals surface area contributed by atoms with Gasteiger partial charge in [-0.05, 0) is 0 Å². The number of ether oxygens (including phenoxy) is 1. The Morgan fingerprint density at radius 3 is 2.31 bits per heavy atom. The number of rotatable bonds is 1. The molecule has 0 radical (unpaired) electrons. The molecule has 0 spiro atoms. The standard InChI is InChI=1S/C7H12O6/c1-2-3(8)4(9)7(12)13-5(2)6(10)11/h2-5,7-9,12H,1H3,(H,10,11)/p-1. The van der Waals surface area contributed by atoms with Gasteiger partial charge in [0.1, 0.15) is 12.2 Å². The summed E-state index contributed by atoms with van der Waals surface area (Å²) in [7, 11) is 0. The molecule has 1 saturated heterocycles. The third-order valence-corrected chi connectivity index (χ3v) is 2.18. The number of carboxylic acids is 1. The molecule has 5 atom stereocenters. The molecule has 6 nitrogen and oxygen atoms in total. The fourth-order valence-electron chi connectivity index (χ4n) is 1.28. The molecule has 13 heavy (non-hydrogen) atoms. The molecule has 1 heterocycles. The summed E-state index contributed by atoms with van der Waals surface area (Å²) in [6.07, 6.45) is -5.89. The second kappa shape index (κ2) is 3.59. The Bertz CT molecular complexity index is 205. The van der Waals surface area contributed by atoms with E-state index in [4.69, 9.17) is 10.2 Å². The van der Waals surface area contributed by atoms with Gasteiger partial charge in [-0.3, -0.25) is 0 Å². The highest BCUT2D eigenvalue weighted by molar-refractivity contribution is 5.70. The van der Waals surface area contributed by atoms with Crippen LogP contribution in [0, 0.1) is 5.92 Å². The van der Waals surface area contributed by atoms with E-state index in [0.717, 1.165) is 0 Å². The average Bonchev–Trinajstić information content (AvgIpc) is 2.07. The van der Waals surface area contributed by atoms with E-state index in [0.29, 0.717) is 0 Å². The number of hydrogen-bond acceptors (Lipinski definition) is 6. The SMILES string of the molecule is CC1C(C(=O)[O-])OC(O)C(O)C1O. The maximum atomic E-state index is 10.4. The molecule has 1 fully saturated rings. The fraction of sp³-hybridized carbons (Fsp3) is 0.857. The van der Waals surface area contributed by atoms with Crippen LogP contribution in [0.1, 0.15) is 6.92 Å². The molecular weight excluding hydrogens is 180 g/mol. The zero-order valence-electron chi connectivity index (χ0n) is 6.95. The van der Waals surface area contributed by atoms with Gasteiger partial charge in [-0.2, -0.15) is 0 Å². The number of carbonyl (C=O) groups excluding carboxylic acids is 1. The third-order valence-electron chi connectivity index (χ3n) is 2.18. The first-order chi connectivity index (χ1) is 5.95. The molecule has 0 aromatic rings. The molecule has 1 aliphatic rings. The Hall–Kier alpha value is -0.690. The number of hydrogen-bond donors (Lipinski definition) is 3. The first-order valence-electron chi connectivity index (χ1n) is 3.85. The van der Waals surface area contributed by atoms with Crippen LogP contribution in [0.15, 0.2) is 0 Å². The van der Waals surface area contributed by atoms with E-state index in [1.165, 1.54) is 6.92 Å². The predicted molar refractivity (Wildman–Crippen MR) is 37.1 cm³/mol. The van der Waals surface area contributed by atoms with Gasteiger partial charge in [0.25, 0.3) is 0 Å². The van der Waals surface area contributed by atoms with Gasteiger partial charge in [-0.15, -0.1) is 0 Å². The lowest BCUT2D eigenvalue weighted by Gasteiger charge is -2.39. The van der Waals surface area contributed by atoms with Crippen molar-refractivity contribution < 1.29 is 30.0 Å². The van der Waals surface area contributed by atoms with Crippen molar-refractivity contribution >= 4 is 5.97 Å². The van der Waals surface area contributed by atoms with Crippen LogP contribution in [0.4, 0.5) is 0 Å². The Morgan fingerprint density at radius 1 is 1.31 bits per heavy atom. The minimum absolute atomic E-state index is 0.816. The van der Waals surface area contributed by atoms with Crippen LogP contribution >= 0.6 is 0 Å². The lowest BCUT2D eigenvalue weighted by molar-refractivity contribution is -0.340. The highest BCUT2D eigenvalue weighted by Crippen LogP contribution is 2.24. The highest BCUT2D eigenvalue weighted by atomic mass is 16.6. The molecular formula is C7H11O6-. The van der Waals surface area contributed by atoms with E-state index in [2.05, 4.69) is 4.74 Å². The van der Waals surface area contributed by atoms with E-state index >= 15 is 0 Å². The summed E-state index contributed by atoms with van der Waals surface area (Å²) in [5.41, 5.74) is 0. The van der Waals surface area contributed by atoms with Crippen LogP contribution in [0.5, 0.6) is 0 Å². The van der Waals surface area contributed by atoms with Gasteiger partial charge >= 0.3 is 0 Å². The van der Waals surface area contributed by atoms with Crippen LogP contribution in [-0.2, 0) is 9.53 Å². The van der Waals surface area contributed by atoms with Crippen LogP contribution in [0.3, 0.4) is 0 Å². The number of aliphatic carboxylic acids is 1. The first kappa shape index (κ1) is 10.4. The van der Waals surface area contributed by atoms with E-state index in [1.54, 1.807) is 0 Å². The summed E-state index contributed by atoms with van der Waals surface area (Å²) < 4.78 is 4.53. The van der Waals surface area contributed by atoms with Crippen molar-refractivity contribution in [1.82, 2.24) is 0 Å². The maximum absolute atomic E-state index is 10.4. The summed E-state index contributed by atoms with van der Waals surface area (Å²) in [6.45, 7) is 1.39. The zero-order chi connectivity index (χ0) is 10.2. The molecule has 3 N–H and O–H groups in total. The molecule has 0 aromatic heterocycles. The second-order valence-corrected chi connectivity index (χ2v) is 3.11. The van der Waals surface area contributed by atoms with Gasteiger partial charge in [0, 0.05) is 5.92 Å². The lowest BCUT2D eigenvalue weighted by atomic mass is 9.91. The molecule has 0 aliphatic carbocycles. The minimum Gasteiger partial charge on any atom is -0.547 e. The Morgan fingerprint density at radius 2 is 1.85 bits per heavy atom. The topological polar surface area (TPSA) is 110 Å². The van der Waals surface area contributed by atoms with Crippen molar-refractivity contribution in [2.75, 3.05) is 0 Å². The van der Waals surface area contributed by atoms with Gasteiger partial charge in [0.05, 0.1) is 12.1 Å².